The molecule has 1 atom stereocenters. The van der Waals surface area contributed by atoms with Gasteiger partial charge in [0.1, 0.15) is 12.1 Å². The molecule has 4 rings (SSSR count). The normalized spacial score (nSPS) is 14.6. The number of benzene rings is 1. The van der Waals surface area contributed by atoms with Gasteiger partial charge >= 0.3 is 6.03 Å². The standard InChI is InChI=1S/C20H21N5O/c26-20(24-19(17-7-8-17)16-4-2-1-3-5-16)23-13-15-6-9-18(22-12-15)25-11-10-21-14-25/h1-6,9-12,14,17,19H,7-8,13H2,(H2,23,24,26). The predicted octanol–water partition coefficient (Wildman–Crippen LogP) is 3.22. The smallest absolute Gasteiger partial charge is 0.315 e. The number of pyridine rings is 1. The van der Waals surface area contributed by atoms with Crippen LogP contribution in [0.1, 0.15) is 30.0 Å². The maximum Gasteiger partial charge on any atom is 0.315 e. The van der Waals surface area contributed by atoms with Gasteiger partial charge in [0.2, 0.25) is 0 Å². The first-order chi connectivity index (χ1) is 12.8. The zero-order chi connectivity index (χ0) is 17.8. The average Bonchev–Trinajstić information content (AvgIpc) is 3.38. The Morgan fingerprint density at radius 3 is 2.69 bits per heavy atom. The van der Waals surface area contributed by atoms with Gasteiger partial charge in [-0.25, -0.2) is 14.8 Å². The molecule has 1 aromatic carbocycles. The molecule has 2 N–H and O–H groups in total. The van der Waals surface area contributed by atoms with Gasteiger partial charge < -0.3 is 10.6 Å². The average molecular weight is 347 g/mol. The van der Waals surface area contributed by atoms with Gasteiger partial charge in [0.15, 0.2) is 0 Å². The molecular formula is C20H21N5O. The molecule has 132 valence electrons. The van der Waals surface area contributed by atoms with E-state index in [1.165, 1.54) is 12.8 Å². The lowest BCUT2D eigenvalue weighted by Crippen LogP contribution is -2.38. The van der Waals surface area contributed by atoms with Crippen LogP contribution in [-0.4, -0.2) is 20.6 Å². The van der Waals surface area contributed by atoms with E-state index < -0.39 is 0 Å². The van der Waals surface area contributed by atoms with Crippen LogP contribution < -0.4 is 10.6 Å². The Morgan fingerprint density at radius 1 is 1.19 bits per heavy atom. The molecule has 0 saturated heterocycles. The van der Waals surface area contributed by atoms with E-state index in [2.05, 4.69) is 32.7 Å². The first kappa shape index (κ1) is 16.3. The molecule has 3 aromatic rings. The lowest BCUT2D eigenvalue weighted by atomic mass is 10.0. The number of carbonyl (C=O) groups is 1. The summed E-state index contributed by atoms with van der Waals surface area (Å²) < 4.78 is 1.84. The molecule has 0 bridgehead atoms. The number of rotatable bonds is 6. The minimum Gasteiger partial charge on any atom is -0.334 e. The minimum atomic E-state index is -0.149. The van der Waals surface area contributed by atoms with E-state index in [0.717, 1.165) is 16.9 Å². The molecule has 1 unspecified atom stereocenters. The van der Waals surface area contributed by atoms with Crippen molar-refractivity contribution in [2.75, 3.05) is 0 Å². The van der Waals surface area contributed by atoms with E-state index in [9.17, 15) is 4.79 Å². The topological polar surface area (TPSA) is 71.8 Å². The van der Waals surface area contributed by atoms with Crippen molar-refractivity contribution in [3.05, 3.63) is 78.5 Å². The summed E-state index contributed by atoms with van der Waals surface area (Å²) >= 11 is 0. The molecule has 1 saturated carbocycles. The van der Waals surface area contributed by atoms with Gasteiger partial charge in [-0.15, -0.1) is 0 Å². The largest absolute Gasteiger partial charge is 0.334 e. The van der Waals surface area contributed by atoms with Crippen LogP contribution in [0.25, 0.3) is 5.82 Å². The molecule has 0 radical (unpaired) electrons. The van der Waals surface area contributed by atoms with Gasteiger partial charge in [0, 0.05) is 25.1 Å². The molecule has 0 aliphatic heterocycles. The first-order valence-electron chi connectivity index (χ1n) is 8.82. The molecular weight excluding hydrogens is 326 g/mol. The van der Waals surface area contributed by atoms with Gasteiger partial charge in [-0.05, 0) is 36.0 Å². The quantitative estimate of drug-likeness (QED) is 0.719. The van der Waals surface area contributed by atoms with Gasteiger partial charge in [0.05, 0.1) is 6.04 Å². The van der Waals surface area contributed by atoms with Crippen molar-refractivity contribution in [2.24, 2.45) is 5.92 Å². The van der Waals surface area contributed by atoms with Gasteiger partial charge in [-0.3, -0.25) is 4.57 Å². The zero-order valence-corrected chi connectivity index (χ0v) is 14.4. The van der Waals surface area contributed by atoms with E-state index in [1.807, 2.05) is 41.1 Å². The van der Waals surface area contributed by atoms with Gasteiger partial charge in [0.25, 0.3) is 0 Å². The van der Waals surface area contributed by atoms with Crippen molar-refractivity contribution in [1.29, 1.82) is 0 Å². The summed E-state index contributed by atoms with van der Waals surface area (Å²) in [6.07, 6.45) is 9.36. The zero-order valence-electron chi connectivity index (χ0n) is 14.4. The second-order valence-corrected chi connectivity index (χ2v) is 6.55. The number of urea groups is 1. The molecule has 0 spiro atoms. The van der Waals surface area contributed by atoms with E-state index in [1.54, 1.807) is 18.7 Å². The van der Waals surface area contributed by atoms with Crippen molar-refractivity contribution >= 4 is 6.03 Å². The van der Waals surface area contributed by atoms with Crippen molar-refractivity contribution in [2.45, 2.75) is 25.4 Å². The van der Waals surface area contributed by atoms with Crippen LogP contribution in [-0.2, 0) is 6.54 Å². The first-order valence-corrected chi connectivity index (χ1v) is 8.82. The minimum absolute atomic E-state index is 0.0814. The lowest BCUT2D eigenvalue weighted by molar-refractivity contribution is 0.235. The van der Waals surface area contributed by atoms with Crippen molar-refractivity contribution < 1.29 is 4.79 Å². The fourth-order valence-electron chi connectivity index (χ4n) is 3.01. The summed E-state index contributed by atoms with van der Waals surface area (Å²) in [7, 11) is 0. The molecule has 6 heteroatoms. The number of carbonyl (C=O) groups excluding carboxylic acids is 1. The predicted molar refractivity (Wildman–Crippen MR) is 98.6 cm³/mol. The van der Waals surface area contributed by atoms with E-state index >= 15 is 0 Å². The Morgan fingerprint density at radius 2 is 2.04 bits per heavy atom. The molecule has 26 heavy (non-hydrogen) atoms. The fourth-order valence-corrected chi connectivity index (χ4v) is 3.01. The Bertz CT molecular complexity index is 842. The monoisotopic (exact) mass is 347 g/mol. The van der Waals surface area contributed by atoms with Crippen LogP contribution in [0.2, 0.25) is 0 Å². The maximum atomic E-state index is 12.3. The highest BCUT2D eigenvalue weighted by atomic mass is 16.2. The van der Waals surface area contributed by atoms with Crippen LogP contribution >= 0.6 is 0 Å². The Balaban J connectivity index is 1.33. The summed E-state index contributed by atoms with van der Waals surface area (Å²) in [5.41, 5.74) is 2.11. The summed E-state index contributed by atoms with van der Waals surface area (Å²) in [5.74, 6) is 1.34. The number of amides is 2. The Labute approximate surface area is 152 Å². The third-order valence-corrected chi connectivity index (χ3v) is 4.57. The van der Waals surface area contributed by atoms with Crippen LogP contribution in [0, 0.1) is 5.92 Å². The van der Waals surface area contributed by atoms with Gasteiger partial charge in [-0.2, -0.15) is 0 Å². The molecule has 1 fully saturated rings. The number of hydrogen-bond acceptors (Lipinski definition) is 3. The molecule has 1 aliphatic carbocycles. The second-order valence-electron chi connectivity index (χ2n) is 6.55. The summed E-state index contributed by atoms with van der Waals surface area (Å²) in [4.78, 5) is 20.7. The molecule has 2 heterocycles. The van der Waals surface area contributed by atoms with Crippen molar-refractivity contribution in [3.8, 4) is 5.82 Å². The highest BCUT2D eigenvalue weighted by Gasteiger charge is 2.33. The molecule has 1 aliphatic rings. The number of hydrogen-bond donors (Lipinski definition) is 2. The Kier molecular flexibility index (Phi) is 4.64. The van der Waals surface area contributed by atoms with Gasteiger partial charge in [-0.1, -0.05) is 36.4 Å². The highest BCUT2D eigenvalue weighted by molar-refractivity contribution is 5.74. The van der Waals surface area contributed by atoms with E-state index in [0.29, 0.717) is 12.5 Å². The van der Waals surface area contributed by atoms with Crippen molar-refractivity contribution in [1.82, 2.24) is 25.2 Å². The summed E-state index contributed by atoms with van der Waals surface area (Å²) in [5, 5.41) is 6.04. The Hall–Kier alpha value is -3.15. The van der Waals surface area contributed by atoms with Crippen LogP contribution in [0.4, 0.5) is 4.79 Å². The molecule has 6 nitrogen and oxygen atoms in total. The second kappa shape index (κ2) is 7.39. The summed E-state index contributed by atoms with van der Waals surface area (Å²) in [6, 6.07) is 14.0. The number of aromatic nitrogens is 3. The fraction of sp³-hybridized carbons (Fsp3) is 0.250. The number of imidazole rings is 1. The number of nitrogens with zero attached hydrogens (tertiary/aromatic N) is 3. The molecule has 2 amide bonds. The SMILES string of the molecule is O=C(NCc1ccc(-n2ccnc2)nc1)NC(c1ccccc1)C1CC1. The third-order valence-electron chi connectivity index (χ3n) is 4.57. The number of nitrogens with one attached hydrogen (secondary N) is 2. The van der Waals surface area contributed by atoms with Crippen LogP contribution in [0.5, 0.6) is 0 Å². The van der Waals surface area contributed by atoms with Crippen LogP contribution in [0.3, 0.4) is 0 Å². The van der Waals surface area contributed by atoms with Crippen LogP contribution in [0.15, 0.2) is 67.4 Å². The van der Waals surface area contributed by atoms with E-state index in [-0.39, 0.29) is 12.1 Å². The third kappa shape index (κ3) is 3.91. The molecule has 2 aromatic heterocycles. The van der Waals surface area contributed by atoms with E-state index in [4.69, 9.17) is 0 Å². The summed E-state index contributed by atoms with van der Waals surface area (Å²) in [6.45, 7) is 0.440. The maximum absolute atomic E-state index is 12.3. The lowest BCUT2D eigenvalue weighted by Gasteiger charge is -2.19. The van der Waals surface area contributed by atoms with Crippen molar-refractivity contribution in [3.63, 3.8) is 0 Å². The highest BCUT2D eigenvalue weighted by Crippen LogP contribution is 2.40.